The Kier molecular flexibility index (Phi) is 3.78. The molecule has 0 radical (unpaired) electrons. The van der Waals surface area contributed by atoms with Gasteiger partial charge in [0.1, 0.15) is 5.82 Å². The summed E-state index contributed by atoms with van der Waals surface area (Å²) < 4.78 is 1.90. The van der Waals surface area contributed by atoms with Crippen LogP contribution in [0.15, 0.2) is 49.1 Å². The summed E-state index contributed by atoms with van der Waals surface area (Å²) in [6, 6.07) is 7.97. The molecule has 0 unspecified atom stereocenters. The highest BCUT2D eigenvalue weighted by molar-refractivity contribution is 5.81. The second-order valence-corrected chi connectivity index (χ2v) is 6.82. The molecule has 0 bridgehead atoms. The number of aromatic nitrogens is 6. The first kappa shape index (κ1) is 15.9. The summed E-state index contributed by atoms with van der Waals surface area (Å²) in [5.41, 5.74) is 4.96. The summed E-state index contributed by atoms with van der Waals surface area (Å²) in [4.78, 5) is 9.24. The van der Waals surface area contributed by atoms with Crippen molar-refractivity contribution in [2.45, 2.75) is 32.2 Å². The van der Waals surface area contributed by atoms with Crippen LogP contribution in [0.25, 0.3) is 22.2 Å². The van der Waals surface area contributed by atoms with Crippen molar-refractivity contribution < 1.29 is 0 Å². The van der Waals surface area contributed by atoms with Gasteiger partial charge in [0.2, 0.25) is 0 Å². The van der Waals surface area contributed by atoms with E-state index in [1.807, 2.05) is 47.7 Å². The van der Waals surface area contributed by atoms with Crippen LogP contribution >= 0.6 is 0 Å². The van der Waals surface area contributed by atoms with Crippen LogP contribution in [-0.4, -0.2) is 29.9 Å². The maximum atomic E-state index is 4.71. The Morgan fingerprint density at radius 3 is 2.78 bits per heavy atom. The number of nitrogens with zero attached hydrogens (tertiary/aromatic N) is 6. The molecule has 4 heterocycles. The van der Waals surface area contributed by atoms with Crippen molar-refractivity contribution in [1.29, 1.82) is 0 Å². The minimum atomic E-state index is 0.640. The predicted octanol–water partition coefficient (Wildman–Crippen LogP) is 3.92. The molecule has 1 saturated carbocycles. The van der Waals surface area contributed by atoms with Crippen LogP contribution in [-0.2, 0) is 6.54 Å². The monoisotopic (exact) mass is 357 g/mol. The smallest absolute Gasteiger partial charge is 0.154 e. The van der Waals surface area contributed by atoms with Gasteiger partial charge in [-0.15, -0.1) is 5.10 Å². The number of hydrogen-bond donors (Lipinski definition) is 1. The lowest BCUT2D eigenvalue weighted by atomic mass is 10.1. The SMILES string of the molecule is CCn1cc(-c2cnc3ccc(Nc4cc(C5CC5)cnn4)nc3c2)cn1. The maximum Gasteiger partial charge on any atom is 0.154 e. The quantitative estimate of drug-likeness (QED) is 0.583. The van der Waals surface area contributed by atoms with Crippen LogP contribution in [0.5, 0.6) is 0 Å². The Labute approximate surface area is 156 Å². The summed E-state index contributed by atoms with van der Waals surface area (Å²) in [6.45, 7) is 2.91. The average molecular weight is 357 g/mol. The normalized spacial score (nSPS) is 13.8. The zero-order valence-corrected chi connectivity index (χ0v) is 15.0. The molecule has 0 saturated heterocycles. The van der Waals surface area contributed by atoms with E-state index in [4.69, 9.17) is 4.98 Å². The highest BCUT2D eigenvalue weighted by Crippen LogP contribution is 2.40. The van der Waals surface area contributed by atoms with Crippen LogP contribution < -0.4 is 5.32 Å². The van der Waals surface area contributed by atoms with Gasteiger partial charge in [-0.05, 0) is 55.5 Å². The lowest BCUT2D eigenvalue weighted by Crippen LogP contribution is -1.99. The fraction of sp³-hybridized carbons (Fsp3) is 0.250. The first-order valence-electron chi connectivity index (χ1n) is 9.18. The van der Waals surface area contributed by atoms with E-state index in [9.17, 15) is 0 Å². The third kappa shape index (κ3) is 3.23. The number of aryl methyl sites for hydroxylation is 1. The van der Waals surface area contributed by atoms with Gasteiger partial charge in [0.05, 0.1) is 23.4 Å². The lowest BCUT2D eigenvalue weighted by Gasteiger charge is -2.07. The number of pyridine rings is 2. The number of fused-ring (bicyclic) bond motifs is 1. The van der Waals surface area contributed by atoms with Crippen molar-refractivity contribution in [2.75, 3.05) is 5.32 Å². The minimum Gasteiger partial charge on any atom is -0.323 e. The molecule has 0 atom stereocenters. The van der Waals surface area contributed by atoms with Crippen molar-refractivity contribution in [3.05, 3.63) is 54.6 Å². The fourth-order valence-corrected chi connectivity index (χ4v) is 3.13. The largest absolute Gasteiger partial charge is 0.323 e. The van der Waals surface area contributed by atoms with Crippen molar-refractivity contribution >= 4 is 22.7 Å². The Balaban J connectivity index is 1.45. The Morgan fingerprint density at radius 1 is 1.04 bits per heavy atom. The van der Waals surface area contributed by atoms with Crippen LogP contribution in [0.2, 0.25) is 0 Å². The molecule has 1 N–H and O–H groups in total. The Hall–Kier alpha value is -3.35. The minimum absolute atomic E-state index is 0.640. The zero-order valence-electron chi connectivity index (χ0n) is 15.0. The second-order valence-electron chi connectivity index (χ2n) is 6.82. The van der Waals surface area contributed by atoms with E-state index in [0.29, 0.717) is 5.92 Å². The van der Waals surface area contributed by atoms with Gasteiger partial charge in [-0.3, -0.25) is 9.67 Å². The van der Waals surface area contributed by atoms with E-state index < -0.39 is 0 Å². The molecule has 0 aromatic carbocycles. The zero-order chi connectivity index (χ0) is 18.2. The van der Waals surface area contributed by atoms with E-state index in [-0.39, 0.29) is 0 Å². The van der Waals surface area contributed by atoms with Gasteiger partial charge in [0.25, 0.3) is 0 Å². The molecule has 1 aliphatic rings. The molecule has 27 heavy (non-hydrogen) atoms. The molecule has 5 rings (SSSR count). The topological polar surface area (TPSA) is 81.4 Å². The third-order valence-electron chi connectivity index (χ3n) is 4.81. The molecule has 134 valence electrons. The van der Waals surface area contributed by atoms with Gasteiger partial charge in [-0.1, -0.05) is 0 Å². The first-order chi connectivity index (χ1) is 13.3. The average Bonchev–Trinajstić information content (AvgIpc) is 3.45. The van der Waals surface area contributed by atoms with E-state index in [1.165, 1.54) is 18.4 Å². The molecule has 1 aliphatic carbocycles. The van der Waals surface area contributed by atoms with E-state index in [0.717, 1.165) is 40.3 Å². The second kappa shape index (κ2) is 6.42. The van der Waals surface area contributed by atoms with Crippen LogP contribution in [0.3, 0.4) is 0 Å². The van der Waals surface area contributed by atoms with E-state index in [1.54, 1.807) is 0 Å². The van der Waals surface area contributed by atoms with Gasteiger partial charge in [0, 0.05) is 30.1 Å². The van der Waals surface area contributed by atoms with Gasteiger partial charge in [-0.25, -0.2) is 4.98 Å². The van der Waals surface area contributed by atoms with Crippen molar-refractivity contribution in [2.24, 2.45) is 0 Å². The number of anilines is 2. The Morgan fingerprint density at radius 2 is 1.96 bits per heavy atom. The van der Waals surface area contributed by atoms with Crippen LogP contribution in [0.4, 0.5) is 11.6 Å². The van der Waals surface area contributed by atoms with Gasteiger partial charge in [0.15, 0.2) is 5.82 Å². The first-order valence-corrected chi connectivity index (χ1v) is 9.18. The van der Waals surface area contributed by atoms with E-state index in [2.05, 4.69) is 38.6 Å². The molecule has 4 aromatic heterocycles. The van der Waals surface area contributed by atoms with Crippen molar-refractivity contribution in [1.82, 2.24) is 29.9 Å². The van der Waals surface area contributed by atoms with Crippen LogP contribution in [0.1, 0.15) is 31.2 Å². The molecule has 7 heteroatoms. The fourth-order valence-electron chi connectivity index (χ4n) is 3.13. The van der Waals surface area contributed by atoms with Crippen LogP contribution in [0, 0.1) is 0 Å². The highest BCUT2D eigenvalue weighted by atomic mass is 15.3. The van der Waals surface area contributed by atoms with Crippen molar-refractivity contribution in [3.63, 3.8) is 0 Å². The molecule has 0 aliphatic heterocycles. The van der Waals surface area contributed by atoms with Gasteiger partial charge < -0.3 is 5.32 Å². The molecule has 0 amide bonds. The van der Waals surface area contributed by atoms with Gasteiger partial charge in [-0.2, -0.15) is 10.2 Å². The van der Waals surface area contributed by atoms with Gasteiger partial charge >= 0.3 is 0 Å². The van der Waals surface area contributed by atoms with Crippen molar-refractivity contribution in [3.8, 4) is 11.1 Å². The van der Waals surface area contributed by atoms with E-state index >= 15 is 0 Å². The Bertz CT molecular complexity index is 1110. The molecule has 7 nitrogen and oxygen atoms in total. The number of hydrogen-bond acceptors (Lipinski definition) is 6. The molecular weight excluding hydrogens is 338 g/mol. The molecule has 0 spiro atoms. The standard InChI is InChI=1S/C20H19N7/c1-2-27-12-16(11-23-27)14-7-18-17(21-9-14)5-6-19(24-18)25-20-8-15(10-22-26-20)13-3-4-13/h5-13H,2-4H2,1H3,(H,24,25,26). The molecular formula is C20H19N7. The lowest BCUT2D eigenvalue weighted by molar-refractivity contribution is 0.660. The molecule has 1 fully saturated rings. The highest BCUT2D eigenvalue weighted by Gasteiger charge is 2.24. The summed E-state index contributed by atoms with van der Waals surface area (Å²) in [5, 5.41) is 15.9. The number of nitrogens with one attached hydrogen (secondary N) is 1. The predicted molar refractivity (Wildman–Crippen MR) is 104 cm³/mol. The summed E-state index contributed by atoms with van der Waals surface area (Å²) in [5.74, 6) is 2.09. The summed E-state index contributed by atoms with van der Waals surface area (Å²) in [7, 11) is 0. The summed E-state index contributed by atoms with van der Waals surface area (Å²) in [6.07, 6.45) is 10.1. The summed E-state index contributed by atoms with van der Waals surface area (Å²) >= 11 is 0. The number of rotatable bonds is 5. The maximum absolute atomic E-state index is 4.71. The third-order valence-corrected chi connectivity index (χ3v) is 4.81. The molecule has 4 aromatic rings.